The molecule has 17 heavy (non-hydrogen) atoms. The van der Waals surface area contributed by atoms with Gasteiger partial charge in [-0.1, -0.05) is 40.2 Å². The number of anilines is 1. The molecule has 0 amide bonds. The Morgan fingerprint density at radius 3 is 2.65 bits per heavy atom. The van der Waals surface area contributed by atoms with Gasteiger partial charge in [0.1, 0.15) is 0 Å². The molecular weight excluding hydrogens is 294 g/mol. The van der Waals surface area contributed by atoms with Crippen molar-refractivity contribution in [1.29, 1.82) is 0 Å². The molecule has 0 fully saturated rings. The second kappa shape index (κ2) is 4.75. The van der Waals surface area contributed by atoms with E-state index in [1.165, 1.54) is 16.1 Å². The minimum atomic E-state index is 0.498. The summed E-state index contributed by atoms with van der Waals surface area (Å²) in [6.07, 6.45) is 0. The van der Waals surface area contributed by atoms with Gasteiger partial charge in [-0.05, 0) is 29.8 Å². The van der Waals surface area contributed by atoms with Crippen LogP contribution in [0.2, 0.25) is 0 Å². The first-order valence-corrected chi connectivity index (χ1v) is 7.25. The molecule has 1 nitrogen and oxygen atoms in total. The zero-order chi connectivity index (χ0) is 11.7. The van der Waals surface area contributed by atoms with E-state index < -0.39 is 0 Å². The third-order valence-corrected chi connectivity index (χ3v) is 4.74. The molecule has 3 rings (SSSR count). The van der Waals surface area contributed by atoms with Gasteiger partial charge in [0.05, 0.1) is 5.25 Å². The summed E-state index contributed by atoms with van der Waals surface area (Å²) in [7, 11) is 0. The first kappa shape index (κ1) is 11.2. The SMILES string of the molecule is Brc1ccc(C2CNc3ccccc3S2)cc1. The molecule has 0 saturated heterocycles. The fraction of sp³-hybridized carbons (Fsp3) is 0.143. The van der Waals surface area contributed by atoms with Gasteiger partial charge < -0.3 is 5.32 Å². The van der Waals surface area contributed by atoms with Crippen molar-refractivity contribution in [2.45, 2.75) is 10.1 Å². The molecule has 2 aromatic carbocycles. The van der Waals surface area contributed by atoms with E-state index in [0.717, 1.165) is 11.0 Å². The summed E-state index contributed by atoms with van der Waals surface area (Å²) in [5, 5.41) is 3.99. The zero-order valence-corrected chi connectivity index (χ0v) is 11.6. The maximum atomic E-state index is 3.49. The Morgan fingerprint density at radius 2 is 1.82 bits per heavy atom. The standard InChI is InChI=1S/C14H12BrNS/c15-11-7-5-10(6-8-11)14-9-16-12-3-1-2-4-13(12)17-14/h1-8,14,16H,9H2. The highest BCUT2D eigenvalue weighted by Crippen LogP contribution is 2.42. The Kier molecular flexibility index (Phi) is 3.12. The van der Waals surface area contributed by atoms with Crippen LogP contribution in [0.15, 0.2) is 57.9 Å². The van der Waals surface area contributed by atoms with Crippen LogP contribution < -0.4 is 5.32 Å². The van der Waals surface area contributed by atoms with E-state index in [0.29, 0.717) is 5.25 Å². The summed E-state index contributed by atoms with van der Waals surface area (Å²) in [5.41, 5.74) is 2.63. The Bertz CT molecular complexity index is 524. The van der Waals surface area contributed by atoms with Crippen LogP contribution in [0.25, 0.3) is 0 Å². The van der Waals surface area contributed by atoms with Gasteiger partial charge in [-0.3, -0.25) is 0 Å². The Balaban J connectivity index is 1.86. The number of thioether (sulfide) groups is 1. The van der Waals surface area contributed by atoms with Gasteiger partial charge in [-0.15, -0.1) is 11.8 Å². The number of halogens is 1. The van der Waals surface area contributed by atoms with Crippen molar-refractivity contribution in [1.82, 2.24) is 0 Å². The van der Waals surface area contributed by atoms with Crippen LogP contribution in [0.1, 0.15) is 10.8 Å². The lowest BCUT2D eigenvalue weighted by Gasteiger charge is -2.25. The smallest absolute Gasteiger partial charge is 0.0517 e. The molecule has 1 N–H and O–H groups in total. The van der Waals surface area contributed by atoms with Crippen molar-refractivity contribution in [2.75, 3.05) is 11.9 Å². The highest BCUT2D eigenvalue weighted by Gasteiger charge is 2.19. The average molecular weight is 306 g/mol. The highest BCUT2D eigenvalue weighted by molar-refractivity contribution is 9.10. The molecule has 0 bridgehead atoms. The molecule has 0 aromatic heterocycles. The van der Waals surface area contributed by atoms with Crippen LogP contribution in [0.3, 0.4) is 0 Å². The minimum absolute atomic E-state index is 0.498. The number of nitrogens with one attached hydrogen (secondary N) is 1. The first-order valence-electron chi connectivity index (χ1n) is 5.58. The van der Waals surface area contributed by atoms with Gasteiger partial charge in [0.15, 0.2) is 0 Å². The average Bonchev–Trinajstić information content (AvgIpc) is 2.39. The van der Waals surface area contributed by atoms with Crippen LogP contribution in [-0.4, -0.2) is 6.54 Å². The van der Waals surface area contributed by atoms with E-state index in [4.69, 9.17) is 0 Å². The maximum absolute atomic E-state index is 3.49. The third-order valence-electron chi connectivity index (χ3n) is 2.88. The van der Waals surface area contributed by atoms with Crippen LogP contribution in [-0.2, 0) is 0 Å². The molecule has 1 aliphatic rings. The minimum Gasteiger partial charge on any atom is -0.383 e. The topological polar surface area (TPSA) is 12.0 Å². The van der Waals surface area contributed by atoms with E-state index >= 15 is 0 Å². The number of hydrogen-bond donors (Lipinski definition) is 1. The first-order chi connectivity index (χ1) is 8.33. The number of benzene rings is 2. The van der Waals surface area contributed by atoms with Crippen LogP contribution in [0, 0.1) is 0 Å². The summed E-state index contributed by atoms with van der Waals surface area (Å²) in [5.74, 6) is 0. The monoisotopic (exact) mass is 305 g/mol. The summed E-state index contributed by atoms with van der Waals surface area (Å²) in [6.45, 7) is 0.989. The molecule has 0 radical (unpaired) electrons. The predicted octanol–water partition coefficient (Wildman–Crippen LogP) is 4.71. The fourth-order valence-corrected chi connectivity index (χ4v) is 3.43. The number of para-hydroxylation sites is 1. The van der Waals surface area contributed by atoms with Crippen molar-refractivity contribution in [3.05, 3.63) is 58.6 Å². The van der Waals surface area contributed by atoms with Gasteiger partial charge in [-0.25, -0.2) is 0 Å². The van der Waals surface area contributed by atoms with Gasteiger partial charge >= 0.3 is 0 Å². The van der Waals surface area contributed by atoms with Gasteiger partial charge in [0.2, 0.25) is 0 Å². The normalized spacial score (nSPS) is 18.3. The number of rotatable bonds is 1. The quantitative estimate of drug-likeness (QED) is 0.819. The van der Waals surface area contributed by atoms with Crippen molar-refractivity contribution in [3.8, 4) is 0 Å². The fourth-order valence-electron chi connectivity index (χ4n) is 1.98. The van der Waals surface area contributed by atoms with Gasteiger partial charge in [-0.2, -0.15) is 0 Å². The molecule has 2 aromatic rings. The number of fused-ring (bicyclic) bond motifs is 1. The second-order valence-corrected chi connectivity index (χ2v) is 6.20. The Morgan fingerprint density at radius 1 is 1.06 bits per heavy atom. The molecule has 1 unspecified atom stereocenters. The molecule has 86 valence electrons. The van der Waals surface area contributed by atoms with E-state index in [1.54, 1.807) is 0 Å². The lowest BCUT2D eigenvalue weighted by Crippen LogP contribution is -2.14. The summed E-state index contributed by atoms with van der Waals surface area (Å²) < 4.78 is 1.13. The van der Waals surface area contributed by atoms with Gasteiger partial charge in [0, 0.05) is 21.6 Å². The van der Waals surface area contributed by atoms with Crippen LogP contribution in [0.4, 0.5) is 5.69 Å². The highest BCUT2D eigenvalue weighted by atomic mass is 79.9. The summed E-state index contributed by atoms with van der Waals surface area (Å²) >= 11 is 5.41. The van der Waals surface area contributed by atoms with E-state index in [-0.39, 0.29) is 0 Å². The van der Waals surface area contributed by atoms with Gasteiger partial charge in [0.25, 0.3) is 0 Å². The molecule has 3 heteroatoms. The van der Waals surface area contributed by atoms with Crippen molar-refractivity contribution in [3.63, 3.8) is 0 Å². The van der Waals surface area contributed by atoms with E-state index in [9.17, 15) is 0 Å². The van der Waals surface area contributed by atoms with Crippen molar-refractivity contribution < 1.29 is 0 Å². The van der Waals surface area contributed by atoms with Crippen molar-refractivity contribution in [2.24, 2.45) is 0 Å². The van der Waals surface area contributed by atoms with E-state index in [1.807, 2.05) is 11.8 Å². The molecule has 0 saturated carbocycles. The Labute approximate surface area is 114 Å². The summed E-state index contributed by atoms with van der Waals surface area (Å²) in [6, 6.07) is 17.1. The van der Waals surface area contributed by atoms with Crippen molar-refractivity contribution >= 4 is 33.4 Å². The Hall–Kier alpha value is -0.930. The summed E-state index contributed by atoms with van der Waals surface area (Å²) in [4.78, 5) is 1.34. The molecule has 1 aliphatic heterocycles. The molecule has 0 spiro atoms. The molecule has 1 heterocycles. The second-order valence-electron chi connectivity index (χ2n) is 4.04. The molecule has 0 aliphatic carbocycles. The maximum Gasteiger partial charge on any atom is 0.0517 e. The predicted molar refractivity (Wildman–Crippen MR) is 77.7 cm³/mol. The largest absolute Gasteiger partial charge is 0.383 e. The van der Waals surface area contributed by atoms with Crippen LogP contribution in [0.5, 0.6) is 0 Å². The zero-order valence-electron chi connectivity index (χ0n) is 9.19. The number of hydrogen-bond acceptors (Lipinski definition) is 2. The third kappa shape index (κ3) is 2.35. The lowest BCUT2D eigenvalue weighted by atomic mass is 10.1. The van der Waals surface area contributed by atoms with Crippen LogP contribution >= 0.6 is 27.7 Å². The lowest BCUT2D eigenvalue weighted by molar-refractivity contribution is 0.964. The van der Waals surface area contributed by atoms with E-state index in [2.05, 4.69) is 69.8 Å². The molecule has 1 atom stereocenters. The molecular formula is C14H12BrNS.